The SMILES string of the molecule is CCN1CCN(c2ccc(NC(=O)COC(=O)c3ccc(COc4ccc(F)cc4)o3)cc2)CC1. The van der Waals surface area contributed by atoms with Gasteiger partial charge in [-0.05, 0) is 67.2 Å². The Balaban J connectivity index is 1.20. The number of hydrogen-bond acceptors (Lipinski definition) is 7. The largest absolute Gasteiger partial charge is 0.486 e. The molecule has 0 unspecified atom stereocenters. The van der Waals surface area contributed by atoms with Crippen LogP contribution in [0.15, 0.2) is 65.1 Å². The van der Waals surface area contributed by atoms with Crippen LogP contribution in [0.3, 0.4) is 0 Å². The van der Waals surface area contributed by atoms with Crippen molar-refractivity contribution in [2.24, 2.45) is 0 Å². The summed E-state index contributed by atoms with van der Waals surface area (Å²) in [5.41, 5.74) is 1.74. The summed E-state index contributed by atoms with van der Waals surface area (Å²) in [6.45, 7) is 6.88. The van der Waals surface area contributed by atoms with Crippen LogP contribution in [0.1, 0.15) is 23.2 Å². The lowest BCUT2D eigenvalue weighted by atomic mass is 10.2. The lowest BCUT2D eigenvalue weighted by molar-refractivity contribution is -0.119. The standard InChI is InChI=1S/C26H28FN3O5/c1-2-29-13-15-30(16-14-29)21-7-5-20(6-8-21)28-25(31)18-34-26(32)24-12-11-23(35-24)17-33-22-9-3-19(27)4-10-22/h3-12H,2,13-18H2,1H3,(H,28,31). The number of likely N-dealkylation sites (N-methyl/N-ethyl adjacent to an activating group) is 1. The fourth-order valence-electron chi connectivity index (χ4n) is 3.73. The molecule has 1 fully saturated rings. The molecule has 35 heavy (non-hydrogen) atoms. The van der Waals surface area contributed by atoms with Crippen molar-refractivity contribution in [1.29, 1.82) is 0 Å². The Morgan fingerprint density at radius 2 is 1.69 bits per heavy atom. The van der Waals surface area contributed by atoms with E-state index in [1.54, 1.807) is 6.07 Å². The Morgan fingerprint density at radius 1 is 0.971 bits per heavy atom. The van der Waals surface area contributed by atoms with Gasteiger partial charge in [0.05, 0.1) is 0 Å². The first-order valence-corrected chi connectivity index (χ1v) is 11.5. The molecule has 1 N–H and O–H groups in total. The van der Waals surface area contributed by atoms with Crippen LogP contribution in [0.2, 0.25) is 0 Å². The smallest absolute Gasteiger partial charge is 0.374 e. The van der Waals surface area contributed by atoms with Gasteiger partial charge in [-0.25, -0.2) is 9.18 Å². The summed E-state index contributed by atoms with van der Waals surface area (Å²) in [5.74, 6) is -0.744. The third-order valence-corrected chi connectivity index (χ3v) is 5.73. The monoisotopic (exact) mass is 481 g/mol. The first kappa shape index (κ1) is 24.3. The Bertz CT molecular complexity index is 1120. The third-order valence-electron chi connectivity index (χ3n) is 5.73. The summed E-state index contributed by atoms with van der Waals surface area (Å²) in [6.07, 6.45) is 0. The number of furan rings is 1. The Morgan fingerprint density at radius 3 is 2.37 bits per heavy atom. The Hall–Kier alpha value is -3.85. The molecule has 0 saturated carbocycles. The molecule has 1 aliphatic heterocycles. The van der Waals surface area contributed by atoms with Crippen LogP contribution in [0.4, 0.5) is 15.8 Å². The molecule has 9 heteroatoms. The van der Waals surface area contributed by atoms with E-state index in [4.69, 9.17) is 13.9 Å². The molecule has 1 aliphatic rings. The molecule has 184 valence electrons. The van der Waals surface area contributed by atoms with Gasteiger partial charge in [0.1, 0.15) is 23.9 Å². The van der Waals surface area contributed by atoms with Gasteiger partial charge in [0, 0.05) is 37.6 Å². The molecule has 8 nitrogen and oxygen atoms in total. The van der Waals surface area contributed by atoms with E-state index in [0.29, 0.717) is 17.2 Å². The van der Waals surface area contributed by atoms with Crippen molar-refractivity contribution >= 4 is 23.3 Å². The van der Waals surface area contributed by atoms with E-state index in [1.165, 1.54) is 30.3 Å². The molecule has 2 aromatic carbocycles. The highest BCUT2D eigenvalue weighted by Crippen LogP contribution is 2.20. The van der Waals surface area contributed by atoms with E-state index < -0.39 is 18.5 Å². The molecule has 0 spiro atoms. The predicted molar refractivity (Wildman–Crippen MR) is 129 cm³/mol. The van der Waals surface area contributed by atoms with Gasteiger partial charge < -0.3 is 29.0 Å². The number of piperazine rings is 1. The number of amides is 1. The van der Waals surface area contributed by atoms with Crippen LogP contribution in [0.25, 0.3) is 0 Å². The molecule has 0 radical (unpaired) electrons. The second-order valence-electron chi connectivity index (χ2n) is 8.10. The molecule has 0 atom stereocenters. The highest BCUT2D eigenvalue weighted by atomic mass is 19.1. The molecule has 0 aliphatic carbocycles. The van der Waals surface area contributed by atoms with Gasteiger partial charge in [0.2, 0.25) is 5.76 Å². The minimum atomic E-state index is -0.755. The van der Waals surface area contributed by atoms with Gasteiger partial charge in [0.15, 0.2) is 6.61 Å². The number of nitrogens with zero attached hydrogens (tertiary/aromatic N) is 2. The lowest BCUT2D eigenvalue weighted by Gasteiger charge is -2.35. The van der Waals surface area contributed by atoms with Gasteiger partial charge in [-0.15, -0.1) is 0 Å². The minimum absolute atomic E-state index is 0.0389. The Labute approximate surface area is 203 Å². The maximum Gasteiger partial charge on any atom is 0.374 e. The van der Waals surface area contributed by atoms with Crippen LogP contribution in [0, 0.1) is 5.82 Å². The molecular formula is C26H28FN3O5. The van der Waals surface area contributed by atoms with Gasteiger partial charge in [-0.3, -0.25) is 4.79 Å². The summed E-state index contributed by atoms with van der Waals surface area (Å²) in [5, 5.41) is 2.72. The zero-order chi connectivity index (χ0) is 24.6. The first-order valence-electron chi connectivity index (χ1n) is 11.5. The van der Waals surface area contributed by atoms with Gasteiger partial charge in [0.25, 0.3) is 5.91 Å². The van der Waals surface area contributed by atoms with E-state index >= 15 is 0 Å². The fraction of sp³-hybridized carbons (Fsp3) is 0.308. The van der Waals surface area contributed by atoms with Gasteiger partial charge in [-0.2, -0.15) is 0 Å². The highest BCUT2D eigenvalue weighted by Gasteiger charge is 2.17. The number of hydrogen-bond donors (Lipinski definition) is 1. The Kier molecular flexibility index (Phi) is 7.99. The molecule has 3 aromatic rings. The van der Waals surface area contributed by atoms with Crippen molar-refractivity contribution in [2.75, 3.05) is 49.5 Å². The van der Waals surface area contributed by atoms with E-state index in [1.807, 2.05) is 24.3 Å². The van der Waals surface area contributed by atoms with Crippen LogP contribution in [0.5, 0.6) is 5.75 Å². The van der Waals surface area contributed by atoms with Crippen LogP contribution in [-0.4, -0.2) is 56.1 Å². The first-order chi connectivity index (χ1) is 17.0. The zero-order valence-electron chi connectivity index (χ0n) is 19.5. The molecule has 0 bridgehead atoms. The molecule has 1 saturated heterocycles. The molecular weight excluding hydrogens is 453 g/mol. The molecule has 1 aromatic heterocycles. The molecule has 1 amide bonds. The van der Waals surface area contributed by atoms with Crippen LogP contribution < -0.4 is 15.0 Å². The molecule has 4 rings (SSSR count). The number of nitrogens with one attached hydrogen (secondary N) is 1. The third kappa shape index (κ3) is 6.83. The molecule has 2 heterocycles. The average molecular weight is 482 g/mol. The lowest BCUT2D eigenvalue weighted by Crippen LogP contribution is -2.46. The normalized spacial score (nSPS) is 13.9. The van der Waals surface area contributed by atoms with Crippen molar-refractivity contribution in [3.05, 3.63) is 78.0 Å². The van der Waals surface area contributed by atoms with E-state index in [0.717, 1.165) is 38.4 Å². The number of rotatable bonds is 9. The van der Waals surface area contributed by atoms with Gasteiger partial charge in [-0.1, -0.05) is 6.92 Å². The maximum atomic E-state index is 12.9. The fourth-order valence-corrected chi connectivity index (χ4v) is 3.73. The number of anilines is 2. The number of halogens is 1. The number of ether oxygens (including phenoxy) is 2. The van der Waals surface area contributed by atoms with Crippen LogP contribution in [-0.2, 0) is 16.1 Å². The van der Waals surface area contributed by atoms with Crippen molar-refractivity contribution in [3.63, 3.8) is 0 Å². The topological polar surface area (TPSA) is 84.2 Å². The average Bonchev–Trinajstić information content (AvgIpc) is 3.37. The van der Waals surface area contributed by atoms with Gasteiger partial charge >= 0.3 is 5.97 Å². The second-order valence-corrected chi connectivity index (χ2v) is 8.10. The summed E-state index contributed by atoms with van der Waals surface area (Å²) in [4.78, 5) is 29.2. The van der Waals surface area contributed by atoms with Crippen molar-refractivity contribution in [2.45, 2.75) is 13.5 Å². The quantitative estimate of drug-likeness (QED) is 0.464. The van der Waals surface area contributed by atoms with E-state index in [2.05, 4.69) is 22.0 Å². The maximum absolute atomic E-state index is 12.9. The summed E-state index contributed by atoms with van der Waals surface area (Å²) < 4.78 is 28.9. The summed E-state index contributed by atoms with van der Waals surface area (Å²) in [7, 11) is 0. The van der Waals surface area contributed by atoms with Crippen molar-refractivity contribution in [3.8, 4) is 5.75 Å². The van der Waals surface area contributed by atoms with Crippen LogP contribution >= 0.6 is 0 Å². The second kappa shape index (κ2) is 11.5. The summed E-state index contributed by atoms with van der Waals surface area (Å²) >= 11 is 0. The predicted octanol–water partition coefficient (Wildman–Crippen LogP) is 3.94. The highest BCUT2D eigenvalue weighted by molar-refractivity contribution is 5.94. The van der Waals surface area contributed by atoms with E-state index in [9.17, 15) is 14.0 Å². The minimum Gasteiger partial charge on any atom is -0.486 e. The number of carbonyl (C=O) groups excluding carboxylic acids is 2. The van der Waals surface area contributed by atoms with Crippen molar-refractivity contribution < 1.29 is 27.9 Å². The number of carbonyl (C=O) groups is 2. The van der Waals surface area contributed by atoms with Crippen molar-refractivity contribution in [1.82, 2.24) is 4.90 Å². The number of benzene rings is 2. The number of esters is 1. The summed E-state index contributed by atoms with van der Waals surface area (Å²) in [6, 6.07) is 16.2. The zero-order valence-corrected chi connectivity index (χ0v) is 19.5. The van der Waals surface area contributed by atoms with E-state index in [-0.39, 0.29) is 18.2 Å².